The number of para-hydroxylation sites is 1. The lowest BCUT2D eigenvalue weighted by Crippen LogP contribution is -2.44. The molecule has 0 aliphatic carbocycles. The maximum Gasteiger partial charge on any atom is 0.241 e. The van der Waals surface area contributed by atoms with Crippen molar-refractivity contribution in [2.45, 2.75) is 19.3 Å². The second kappa shape index (κ2) is 8.01. The number of nitrogens with zero attached hydrogens (tertiary/aromatic N) is 3. The van der Waals surface area contributed by atoms with Gasteiger partial charge in [-0.25, -0.2) is 0 Å². The Hall–Kier alpha value is -1.53. The lowest BCUT2D eigenvalue weighted by molar-refractivity contribution is -0.135. The van der Waals surface area contributed by atoms with Crippen LogP contribution in [0.3, 0.4) is 0 Å². The second-order valence-electron chi connectivity index (χ2n) is 7.44. The first-order valence-electron chi connectivity index (χ1n) is 9.69. The van der Waals surface area contributed by atoms with E-state index in [9.17, 15) is 9.59 Å². The summed E-state index contributed by atoms with van der Waals surface area (Å²) in [7, 11) is 0. The van der Waals surface area contributed by atoms with Crippen molar-refractivity contribution >= 4 is 29.3 Å². The predicted molar refractivity (Wildman–Crippen MR) is 106 cm³/mol. The van der Waals surface area contributed by atoms with Crippen molar-refractivity contribution in [3.05, 3.63) is 29.8 Å². The van der Waals surface area contributed by atoms with E-state index < -0.39 is 0 Å². The molecule has 4 rings (SSSR count). The summed E-state index contributed by atoms with van der Waals surface area (Å²) in [5.74, 6) is 2.63. The number of hydrogen-bond donors (Lipinski definition) is 0. The van der Waals surface area contributed by atoms with Crippen LogP contribution in [0.1, 0.15) is 18.4 Å². The van der Waals surface area contributed by atoms with E-state index in [2.05, 4.69) is 17.0 Å². The van der Waals surface area contributed by atoms with Crippen molar-refractivity contribution in [3.8, 4) is 0 Å². The van der Waals surface area contributed by atoms with Crippen molar-refractivity contribution in [1.82, 2.24) is 9.80 Å². The predicted octanol–water partition coefficient (Wildman–Crippen LogP) is 1.86. The molecule has 0 spiro atoms. The molecule has 0 aromatic heterocycles. The van der Waals surface area contributed by atoms with Crippen LogP contribution >= 0.6 is 11.8 Å². The first-order valence-corrected chi connectivity index (χ1v) is 10.8. The van der Waals surface area contributed by atoms with E-state index >= 15 is 0 Å². The van der Waals surface area contributed by atoms with Gasteiger partial charge in [0.1, 0.15) is 0 Å². The lowest BCUT2D eigenvalue weighted by atomic mass is 10.0. The minimum absolute atomic E-state index is 0.0690. The fourth-order valence-electron chi connectivity index (χ4n) is 4.29. The van der Waals surface area contributed by atoms with Gasteiger partial charge in [-0.2, -0.15) is 11.8 Å². The van der Waals surface area contributed by atoms with Gasteiger partial charge in [0.15, 0.2) is 0 Å². The van der Waals surface area contributed by atoms with Crippen LogP contribution in [0.25, 0.3) is 0 Å². The van der Waals surface area contributed by atoms with Gasteiger partial charge in [0.25, 0.3) is 0 Å². The summed E-state index contributed by atoms with van der Waals surface area (Å²) in [6.45, 7) is 4.56. The van der Waals surface area contributed by atoms with Gasteiger partial charge < -0.3 is 9.80 Å². The van der Waals surface area contributed by atoms with Gasteiger partial charge in [0, 0.05) is 43.4 Å². The van der Waals surface area contributed by atoms with Crippen molar-refractivity contribution < 1.29 is 9.59 Å². The molecule has 6 heteroatoms. The van der Waals surface area contributed by atoms with Crippen LogP contribution in [0.15, 0.2) is 24.3 Å². The summed E-state index contributed by atoms with van der Waals surface area (Å²) in [6.07, 6.45) is 2.96. The SMILES string of the molecule is O=C(C1CCN(CC(=O)N2CCCc3ccccc32)C1)N1CCSCC1. The Morgan fingerprint density at radius 2 is 1.88 bits per heavy atom. The molecule has 1 unspecified atom stereocenters. The fourth-order valence-corrected chi connectivity index (χ4v) is 5.19. The highest BCUT2D eigenvalue weighted by molar-refractivity contribution is 7.99. The molecular weight excluding hydrogens is 346 g/mol. The quantitative estimate of drug-likeness (QED) is 0.811. The maximum absolute atomic E-state index is 12.9. The molecule has 1 atom stereocenters. The van der Waals surface area contributed by atoms with E-state index in [1.807, 2.05) is 33.7 Å². The number of aryl methyl sites for hydroxylation is 1. The highest BCUT2D eigenvalue weighted by Gasteiger charge is 2.33. The second-order valence-corrected chi connectivity index (χ2v) is 8.66. The van der Waals surface area contributed by atoms with Crippen LogP contribution < -0.4 is 4.90 Å². The number of carbonyl (C=O) groups is 2. The number of benzene rings is 1. The third-order valence-electron chi connectivity index (χ3n) is 5.71. The Morgan fingerprint density at radius 1 is 1.08 bits per heavy atom. The maximum atomic E-state index is 12.9. The van der Waals surface area contributed by atoms with Gasteiger partial charge >= 0.3 is 0 Å². The summed E-state index contributed by atoms with van der Waals surface area (Å²) in [5, 5.41) is 0. The zero-order valence-corrected chi connectivity index (χ0v) is 16.0. The van der Waals surface area contributed by atoms with Gasteiger partial charge in [-0.15, -0.1) is 0 Å². The molecule has 3 aliphatic rings. The van der Waals surface area contributed by atoms with Crippen LogP contribution in [0, 0.1) is 5.92 Å². The highest BCUT2D eigenvalue weighted by Crippen LogP contribution is 2.27. The minimum atomic E-state index is 0.0690. The third kappa shape index (κ3) is 3.76. The first-order chi connectivity index (χ1) is 12.7. The average Bonchev–Trinajstić information content (AvgIpc) is 3.16. The topological polar surface area (TPSA) is 43.9 Å². The number of carbonyl (C=O) groups excluding carboxylic acids is 2. The molecule has 3 aliphatic heterocycles. The molecule has 1 aromatic carbocycles. The zero-order valence-electron chi connectivity index (χ0n) is 15.2. The molecule has 2 saturated heterocycles. The molecule has 0 radical (unpaired) electrons. The van der Waals surface area contributed by atoms with Gasteiger partial charge in [-0.3, -0.25) is 14.5 Å². The van der Waals surface area contributed by atoms with E-state index in [-0.39, 0.29) is 11.8 Å². The summed E-state index contributed by atoms with van der Waals surface area (Å²) < 4.78 is 0. The molecule has 5 nitrogen and oxygen atoms in total. The molecule has 0 N–H and O–H groups in total. The highest BCUT2D eigenvalue weighted by atomic mass is 32.2. The molecule has 1 aromatic rings. The first kappa shape index (κ1) is 17.9. The molecule has 26 heavy (non-hydrogen) atoms. The van der Waals surface area contributed by atoms with Crippen LogP contribution in [0.4, 0.5) is 5.69 Å². The Balaban J connectivity index is 1.34. The number of anilines is 1. The summed E-state index contributed by atoms with van der Waals surface area (Å²) in [5.41, 5.74) is 2.34. The van der Waals surface area contributed by atoms with Gasteiger partial charge in [-0.05, 0) is 37.4 Å². The van der Waals surface area contributed by atoms with Crippen molar-refractivity contribution in [2.24, 2.45) is 5.92 Å². The van der Waals surface area contributed by atoms with Crippen LogP contribution in [0.2, 0.25) is 0 Å². The van der Waals surface area contributed by atoms with E-state index in [0.29, 0.717) is 12.5 Å². The van der Waals surface area contributed by atoms with Gasteiger partial charge in [0.05, 0.1) is 12.5 Å². The molecule has 3 heterocycles. The number of fused-ring (bicyclic) bond motifs is 1. The summed E-state index contributed by atoms with van der Waals surface area (Å²) in [6, 6.07) is 8.22. The van der Waals surface area contributed by atoms with Crippen LogP contribution in [-0.4, -0.2) is 72.4 Å². The van der Waals surface area contributed by atoms with Gasteiger partial charge in [0.2, 0.25) is 11.8 Å². The normalized spacial score (nSPS) is 23.8. The Bertz CT molecular complexity index is 675. The summed E-state index contributed by atoms with van der Waals surface area (Å²) in [4.78, 5) is 31.7. The van der Waals surface area contributed by atoms with E-state index in [4.69, 9.17) is 0 Å². The fraction of sp³-hybridized carbons (Fsp3) is 0.600. The molecule has 140 valence electrons. The smallest absolute Gasteiger partial charge is 0.241 e. The van der Waals surface area contributed by atoms with Gasteiger partial charge in [-0.1, -0.05) is 18.2 Å². The number of thioether (sulfide) groups is 1. The zero-order chi connectivity index (χ0) is 17.9. The van der Waals surface area contributed by atoms with Crippen LogP contribution in [-0.2, 0) is 16.0 Å². The number of rotatable bonds is 3. The van der Waals surface area contributed by atoms with Crippen molar-refractivity contribution in [1.29, 1.82) is 0 Å². The van der Waals surface area contributed by atoms with Crippen molar-refractivity contribution in [3.63, 3.8) is 0 Å². The average molecular weight is 374 g/mol. The molecular formula is C20H27N3O2S. The van der Waals surface area contributed by atoms with E-state index in [0.717, 1.165) is 69.2 Å². The largest absolute Gasteiger partial charge is 0.341 e. The van der Waals surface area contributed by atoms with E-state index in [1.165, 1.54) is 5.56 Å². The summed E-state index contributed by atoms with van der Waals surface area (Å²) >= 11 is 1.92. The molecule has 2 fully saturated rings. The Morgan fingerprint density at radius 3 is 2.73 bits per heavy atom. The standard InChI is InChI=1S/C20H27N3O2S/c24-19(23-8-3-5-16-4-1-2-6-18(16)23)15-21-9-7-17(14-21)20(25)22-10-12-26-13-11-22/h1-2,4,6,17H,3,5,7-15H2. The van der Waals surface area contributed by atoms with Crippen LogP contribution in [0.5, 0.6) is 0 Å². The van der Waals surface area contributed by atoms with E-state index in [1.54, 1.807) is 0 Å². The minimum Gasteiger partial charge on any atom is -0.341 e. The Kier molecular flexibility index (Phi) is 5.50. The molecule has 0 bridgehead atoms. The Labute approximate surface area is 159 Å². The monoisotopic (exact) mass is 373 g/mol. The number of amides is 2. The number of likely N-dealkylation sites (tertiary alicyclic amines) is 1. The van der Waals surface area contributed by atoms with Crippen molar-refractivity contribution in [2.75, 3.05) is 55.7 Å². The molecule has 2 amide bonds. The third-order valence-corrected chi connectivity index (χ3v) is 6.66. The number of hydrogen-bond acceptors (Lipinski definition) is 4. The lowest BCUT2D eigenvalue weighted by Gasteiger charge is -2.31. The molecule has 0 saturated carbocycles.